The summed E-state index contributed by atoms with van der Waals surface area (Å²) in [4.78, 5) is 27.9. The van der Waals surface area contributed by atoms with E-state index >= 15 is 0 Å². The fraction of sp³-hybridized carbons (Fsp3) is 0.312. The highest BCUT2D eigenvalue weighted by Crippen LogP contribution is 2.29. The van der Waals surface area contributed by atoms with Crippen LogP contribution < -0.4 is 15.4 Å². The van der Waals surface area contributed by atoms with Gasteiger partial charge in [0.2, 0.25) is 17.7 Å². The Morgan fingerprint density at radius 3 is 3.00 bits per heavy atom. The molecule has 0 saturated carbocycles. The number of carbonyl (C=O) groups excluding carboxylic acids is 2. The number of carbonyl (C=O) groups is 2. The van der Waals surface area contributed by atoms with Crippen LogP contribution in [0.2, 0.25) is 0 Å². The van der Waals surface area contributed by atoms with Gasteiger partial charge in [0.15, 0.2) is 0 Å². The first-order valence-electron chi connectivity index (χ1n) is 7.21. The minimum atomic E-state index is -0.472. The molecule has 1 aliphatic rings. The third kappa shape index (κ3) is 2.72. The van der Waals surface area contributed by atoms with Gasteiger partial charge >= 0.3 is 0 Å². The molecule has 6 nitrogen and oxygen atoms in total. The summed E-state index contributed by atoms with van der Waals surface area (Å²) >= 11 is 0. The van der Waals surface area contributed by atoms with Crippen molar-refractivity contribution in [2.24, 2.45) is 0 Å². The number of fused-ring (bicyclic) bond motifs is 1. The van der Waals surface area contributed by atoms with Crippen LogP contribution in [0.15, 0.2) is 30.5 Å². The van der Waals surface area contributed by atoms with Gasteiger partial charge in [-0.05, 0) is 31.0 Å². The number of amides is 2. The van der Waals surface area contributed by atoms with E-state index in [1.54, 1.807) is 13.3 Å². The highest BCUT2D eigenvalue weighted by molar-refractivity contribution is 6.05. The molecular formula is C16H17N3O3. The van der Waals surface area contributed by atoms with E-state index in [-0.39, 0.29) is 11.8 Å². The van der Waals surface area contributed by atoms with E-state index in [2.05, 4.69) is 15.6 Å². The lowest BCUT2D eigenvalue weighted by Crippen LogP contribution is -2.46. The van der Waals surface area contributed by atoms with Crippen molar-refractivity contribution < 1.29 is 14.3 Å². The van der Waals surface area contributed by atoms with E-state index in [1.807, 2.05) is 24.3 Å². The smallest absolute Gasteiger partial charge is 0.246 e. The van der Waals surface area contributed by atoms with E-state index in [0.717, 1.165) is 17.2 Å². The Labute approximate surface area is 127 Å². The second-order valence-electron chi connectivity index (χ2n) is 5.22. The average molecular weight is 299 g/mol. The number of rotatable bonds is 3. The van der Waals surface area contributed by atoms with Crippen LogP contribution in [-0.2, 0) is 9.59 Å². The Hall–Kier alpha value is -2.63. The third-order valence-corrected chi connectivity index (χ3v) is 3.77. The molecule has 2 aromatic rings. The minimum Gasteiger partial charge on any atom is -0.481 e. The molecule has 0 spiro atoms. The van der Waals surface area contributed by atoms with Gasteiger partial charge in [0.05, 0.1) is 7.11 Å². The van der Waals surface area contributed by atoms with Gasteiger partial charge in [0.1, 0.15) is 6.04 Å². The number of aromatic nitrogens is 1. The van der Waals surface area contributed by atoms with Crippen LogP contribution in [0.4, 0.5) is 5.69 Å². The minimum absolute atomic E-state index is 0.0739. The first-order valence-corrected chi connectivity index (χ1v) is 7.21. The van der Waals surface area contributed by atoms with E-state index in [4.69, 9.17) is 4.74 Å². The molecule has 1 aliphatic heterocycles. The monoisotopic (exact) mass is 299 g/mol. The fourth-order valence-electron chi connectivity index (χ4n) is 2.67. The Morgan fingerprint density at radius 2 is 2.23 bits per heavy atom. The lowest BCUT2D eigenvalue weighted by molar-refractivity contribution is -0.128. The summed E-state index contributed by atoms with van der Waals surface area (Å²) in [5.41, 5.74) is 0.683. The number of piperidine rings is 1. The first-order chi connectivity index (χ1) is 10.7. The van der Waals surface area contributed by atoms with Crippen LogP contribution in [-0.4, -0.2) is 29.9 Å². The second kappa shape index (κ2) is 6.01. The molecule has 22 heavy (non-hydrogen) atoms. The number of anilines is 1. The van der Waals surface area contributed by atoms with E-state index in [0.29, 0.717) is 24.4 Å². The standard InChI is InChI=1S/C16H17N3O3/c1-22-16-11-4-2-5-12(10(11)8-9-17-16)19-15(21)13-6-3-7-14(20)18-13/h2,4-5,8-9,13H,3,6-7H2,1H3,(H,18,20)(H,19,21). The van der Waals surface area contributed by atoms with E-state index in [9.17, 15) is 9.59 Å². The summed E-state index contributed by atoms with van der Waals surface area (Å²) in [5.74, 6) is 0.242. The van der Waals surface area contributed by atoms with Gasteiger partial charge in [-0.2, -0.15) is 0 Å². The first kappa shape index (κ1) is 14.3. The number of pyridine rings is 1. The number of benzene rings is 1. The van der Waals surface area contributed by atoms with Crippen LogP contribution in [0.5, 0.6) is 5.88 Å². The Bertz CT molecular complexity index is 730. The summed E-state index contributed by atoms with van der Waals surface area (Å²) in [6.45, 7) is 0. The largest absolute Gasteiger partial charge is 0.481 e. The maximum atomic E-state index is 12.3. The summed E-state index contributed by atoms with van der Waals surface area (Å²) in [6, 6.07) is 6.90. The van der Waals surface area contributed by atoms with Crippen molar-refractivity contribution in [3.8, 4) is 5.88 Å². The van der Waals surface area contributed by atoms with Crippen LogP contribution >= 0.6 is 0 Å². The van der Waals surface area contributed by atoms with E-state index < -0.39 is 6.04 Å². The summed E-state index contributed by atoms with van der Waals surface area (Å²) in [5, 5.41) is 7.29. The number of nitrogens with one attached hydrogen (secondary N) is 2. The van der Waals surface area contributed by atoms with Crippen molar-refractivity contribution in [1.29, 1.82) is 0 Å². The Balaban J connectivity index is 1.87. The molecule has 2 amide bonds. The van der Waals surface area contributed by atoms with Gasteiger partial charge in [-0.25, -0.2) is 4.98 Å². The molecule has 1 aromatic heterocycles. The van der Waals surface area contributed by atoms with Crippen molar-refractivity contribution >= 4 is 28.3 Å². The molecule has 114 valence electrons. The molecule has 1 unspecified atom stereocenters. The molecule has 1 aromatic carbocycles. The Morgan fingerprint density at radius 1 is 1.36 bits per heavy atom. The number of ether oxygens (including phenoxy) is 1. The second-order valence-corrected chi connectivity index (χ2v) is 5.22. The summed E-state index contributed by atoms with van der Waals surface area (Å²) < 4.78 is 5.24. The molecule has 1 fully saturated rings. The summed E-state index contributed by atoms with van der Waals surface area (Å²) in [6.07, 6.45) is 3.52. The number of hydrogen-bond donors (Lipinski definition) is 2. The van der Waals surface area contributed by atoms with Gasteiger partial charge < -0.3 is 15.4 Å². The highest BCUT2D eigenvalue weighted by Gasteiger charge is 2.25. The van der Waals surface area contributed by atoms with Gasteiger partial charge in [0, 0.05) is 29.1 Å². The van der Waals surface area contributed by atoms with Crippen LogP contribution in [0.25, 0.3) is 10.8 Å². The molecule has 1 atom stereocenters. The van der Waals surface area contributed by atoms with Gasteiger partial charge in [-0.15, -0.1) is 0 Å². The molecular weight excluding hydrogens is 282 g/mol. The highest BCUT2D eigenvalue weighted by atomic mass is 16.5. The molecule has 0 aliphatic carbocycles. The van der Waals surface area contributed by atoms with Gasteiger partial charge in [-0.1, -0.05) is 6.07 Å². The van der Waals surface area contributed by atoms with Crippen molar-refractivity contribution in [2.45, 2.75) is 25.3 Å². The molecule has 3 rings (SSSR count). The zero-order chi connectivity index (χ0) is 15.5. The lowest BCUT2D eigenvalue weighted by Gasteiger charge is -2.22. The Kier molecular flexibility index (Phi) is 3.91. The van der Waals surface area contributed by atoms with E-state index in [1.165, 1.54) is 0 Å². The molecule has 1 saturated heterocycles. The quantitative estimate of drug-likeness (QED) is 0.906. The third-order valence-electron chi connectivity index (χ3n) is 3.77. The topological polar surface area (TPSA) is 80.3 Å². The predicted octanol–water partition coefficient (Wildman–Crippen LogP) is 1.85. The van der Waals surface area contributed by atoms with Crippen LogP contribution in [0.3, 0.4) is 0 Å². The van der Waals surface area contributed by atoms with Crippen molar-refractivity contribution in [3.63, 3.8) is 0 Å². The predicted molar refractivity (Wildman–Crippen MR) is 82.7 cm³/mol. The van der Waals surface area contributed by atoms with Crippen molar-refractivity contribution in [2.75, 3.05) is 12.4 Å². The fourth-order valence-corrected chi connectivity index (χ4v) is 2.67. The zero-order valence-electron chi connectivity index (χ0n) is 12.3. The number of methoxy groups -OCH3 is 1. The zero-order valence-corrected chi connectivity index (χ0v) is 12.3. The molecule has 6 heteroatoms. The van der Waals surface area contributed by atoms with Gasteiger partial charge in [-0.3, -0.25) is 9.59 Å². The molecule has 0 bridgehead atoms. The molecule has 2 N–H and O–H groups in total. The van der Waals surface area contributed by atoms with Crippen molar-refractivity contribution in [3.05, 3.63) is 30.5 Å². The maximum absolute atomic E-state index is 12.3. The molecule has 2 heterocycles. The number of hydrogen-bond acceptors (Lipinski definition) is 4. The van der Waals surface area contributed by atoms with Crippen molar-refractivity contribution in [1.82, 2.24) is 10.3 Å². The van der Waals surface area contributed by atoms with Crippen LogP contribution in [0, 0.1) is 0 Å². The summed E-state index contributed by atoms with van der Waals surface area (Å²) in [7, 11) is 1.56. The van der Waals surface area contributed by atoms with Gasteiger partial charge in [0.25, 0.3) is 0 Å². The molecule has 0 radical (unpaired) electrons. The SMILES string of the molecule is COc1nccc2c(NC(=O)C3CCCC(=O)N3)cccc12. The average Bonchev–Trinajstić information content (AvgIpc) is 2.54. The lowest BCUT2D eigenvalue weighted by atomic mass is 10.0. The maximum Gasteiger partial charge on any atom is 0.246 e. The normalized spacial score (nSPS) is 17.9. The number of nitrogens with zero attached hydrogens (tertiary/aromatic N) is 1. The van der Waals surface area contributed by atoms with Crippen LogP contribution in [0.1, 0.15) is 19.3 Å².